The minimum Gasteiger partial charge on any atom is -0.368 e. The van der Waals surface area contributed by atoms with Gasteiger partial charge in [-0.25, -0.2) is 0 Å². The summed E-state index contributed by atoms with van der Waals surface area (Å²) in [5.74, 6) is 0.874. The predicted molar refractivity (Wildman–Crippen MR) is 61.8 cm³/mol. The first-order valence-electron chi connectivity index (χ1n) is 5.57. The van der Waals surface area contributed by atoms with Crippen LogP contribution in [0.3, 0.4) is 0 Å². The van der Waals surface area contributed by atoms with Crippen molar-refractivity contribution in [3.05, 3.63) is 29.5 Å². The highest BCUT2D eigenvalue weighted by atomic mass is 15.2. The van der Waals surface area contributed by atoms with Crippen LogP contribution in [0.5, 0.6) is 0 Å². The molecule has 1 N–H and O–H groups in total. The molecule has 3 heteroatoms. The van der Waals surface area contributed by atoms with Gasteiger partial charge in [0.1, 0.15) is 5.82 Å². The van der Waals surface area contributed by atoms with Crippen LogP contribution in [0.4, 0.5) is 5.82 Å². The van der Waals surface area contributed by atoms with Crippen LogP contribution in [0.1, 0.15) is 31.4 Å². The molecular weight excluding hydrogens is 186 g/mol. The van der Waals surface area contributed by atoms with Crippen molar-refractivity contribution in [2.75, 3.05) is 11.9 Å². The van der Waals surface area contributed by atoms with Crippen molar-refractivity contribution < 1.29 is 0 Å². The number of anilines is 1. The van der Waals surface area contributed by atoms with Crippen molar-refractivity contribution in [3.63, 3.8) is 0 Å². The number of nitrogens with one attached hydrogen (secondary N) is 1. The lowest BCUT2D eigenvalue weighted by Crippen LogP contribution is -2.04. The van der Waals surface area contributed by atoms with Crippen molar-refractivity contribution in [1.82, 2.24) is 10.2 Å². The summed E-state index contributed by atoms with van der Waals surface area (Å²) in [5.41, 5.74) is 2.54. The van der Waals surface area contributed by atoms with Gasteiger partial charge in [0.05, 0.1) is 5.69 Å². The summed E-state index contributed by atoms with van der Waals surface area (Å²) in [6.07, 6.45) is 7.37. The van der Waals surface area contributed by atoms with Crippen molar-refractivity contribution >= 4 is 5.82 Å². The van der Waals surface area contributed by atoms with Crippen LogP contribution < -0.4 is 5.32 Å². The van der Waals surface area contributed by atoms with Crippen LogP contribution in [-0.4, -0.2) is 16.7 Å². The Morgan fingerprint density at radius 1 is 1.33 bits per heavy atom. The zero-order chi connectivity index (χ0) is 10.5. The van der Waals surface area contributed by atoms with Crippen LogP contribution in [0.25, 0.3) is 0 Å². The summed E-state index contributed by atoms with van der Waals surface area (Å²) in [6.45, 7) is 2.91. The van der Waals surface area contributed by atoms with Gasteiger partial charge in [-0.05, 0) is 44.7 Å². The van der Waals surface area contributed by atoms with Gasteiger partial charge in [0.15, 0.2) is 0 Å². The number of aromatic nitrogens is 2. The third kappa shape index (κ3) is 3.05. The Balaban J connectivity index is 1.75. The third-order valence-corrected chi connectivity index (χ3v) is 2.69. The van der Waals surface area contributed by atoms with E-state index in [2.05, 4.69) is 21.6 Å². The lowest BCUT2D eigenvalue weighted by Gasteiger charge is -2.05. The molecule has 1 heterocycles. The molecule has 3 nitrogen and oxygen atoms in total. The molecule has 1 aromatic rings. The monoisotopic (exact) mass is 203 g/mol. The molecule has 15 heavy (non-hydrogen) atoms. The van der Waals surface area contributed by atoms with Crippen LogP contribution in [0.15, 0.2) is 23.8 Å². The average molecular weight is 203 g/mol. The van der Waals surface area contributed by atoms with Gasteiger partial charge in [0.25, 0.3) is 0 Å². The first kappa shape index (κ1) is 10.1. The van der Waals surface area contributed by atoms with Crippen molar-refractivity contribution in [3.8, 4) is 0 Å². The van der Waals surface area contributed by atoms with Gasteiger partial charge < -0.3 is 5.32 Å². The SMILES string of the molecule is Cc1ccc(NCCC2=CCCC2)nn1. The molecule has 1 aromatic heterocycles. The number of aryl methyl sites for hydroxylation is 1. The highest BCUT2D eigenvalue weighted by molar-refractivity contribution is 5.32. The average Bonchev–Trinajstić information content (AvgIpc) is 2.74. The van der Waals surface area contributed by atoms with Gasteiger partial charge >= 0.3 is 0 Å². The molecule has 0 saturated heterocycles. The van der Waals surface area contributed by atoms with Gasteiger partial charge in [-0.15, -0.1) is 5.10 Å². The Labute approximate surface area is 90.6 Å². The minimum absolute atomic E-state index is 0.874. The van der Waals surface area contributed by atoms with Crippen molar-refractivity contribution in [2.45, 2.75) is 32.6 Å². The van der Waals surface area contributed by atoms with E-state index in [-0.39, 0.29) is 0 Å². The van der Waals surface area contributed by atoms with E-state index >= 15 is 0 Å². The molecule has 2 rings (SSSR count). The van der Waals surface area contributed by atoms with E-state index in [1.807, 2.05) is 19.1 Å². The molecule has 1 aliphatic rings. The van der Waals surface area contributed by atoms with E-state index in [0.717, 1.165) is 24.5 Å². The van der Waals surface area contributed by atoms with E-state index in [1.165, 1.54) is 19.3 Å². The number of nitrogens with zero attached hydrogens (tertiary/aromatic N) is 2. The van der Waals surface area contributed by atoms with Gasteiger partial charge in [-0.2, -0.15) is 5.10 Å². The van der Waals surface area contributed by atoms with Crippen molar-refractivity contribution in [1.29, 1.82) is 0 Å². The van der Waals surface area contributed by atoms with Crippen LogP contribution >= 0.6 is 0 Å². The van der Waals surface area contributed by atoms with Gasteiger partial charge in [-0.3, -0.25) is 0 Å². The number of allylic oxidation sites excluding steroid dienone is 1. The molecule has 0 aliphatic heterocycles. The minimum atomic E-state index is 0.874. The lowest BCUT2D eigenvalue weighted by atomic mass is 10.2. The Bertz CT molecular complexity index is 340. The summed E-state index contributed by atoms with van der Waals surface area (Å²) >= 11 is 0. The second kappa shape index (κ2) is 4.91. The Kier molecular flexibility index (Phi) is 3.33. The molecule has 0 saturated carbocycles. The number of hydrogen-bond donors (Lipinski definition) is 1. The van der Waals surface area contributed by atoms with E-state index < -0.39 is 0 Å². The zero-order valence-electron chi connectivity index (χ0n) is 9.16. The van der Waals surface area contributed by atoms with Crippen LogP contribution in [-0.2, 0) is 0 Å². The molecule has 80 valence electrons. The predicted octanol–water partition coefficient (Wildman–Crippen LogP) is 2.70. The highest BCUT2D eigenvalue weighted by Crippen LogP contribution is 2.20. The summed E-state index contributed by atoms with van der Waals surface area (Å²) in [4.78, 5) is 0. The molecule has 0 bridgehead atoms. The molecule has 0 radical (unpaired) electrons. The summed E-state index contributed by atoms with van der Waals surface area (Å²) in [7, 11) is 0. The molecule has 0 atom stereocenters. The zero-order valence-corrected chi connectivity index (χ0v) is 9.16. The fourth-order valence-corrected chi connectivity index (χ4v) is 1.81. The van der Waals surface area contributed by atoms with Crippen LogP contribution in [0.2, 0.25) is 0 Å². The summed E-state index contributed by atoms with van der Waals surface area (Å²) in [5, 5.41) is 11.3. The Morgan fingerprint density at radius 3 is 2.93 bits per heavy atom. The Morgan fingerprint density at radius 2 is 2.27 bits per heavy atom. The second-order valence-corrected chi connectivity index (χ2v) is 3.99. The largest absolute Gasteiger partial charge is 0.368 e. The first-order chi connectivity index (χ1) is 7.34. The van der Waals surface area contributed by atoms with E-state index in [0.29, 0.717) is 0 Å². The molecular formula is C12H17N3. The summed E-state index contributed by atoms with van der Waals surface area (Å²) < 4.78 is 0. The maximum Gasteiger partial charge on any atom is 0.148 e. The fourth-order valence-electron chi connectivity index (χ4n) is 1.81. The van der Waals surface area contributed by atoms with E-state index in [9.17, 15) is 0 Å². The molecule has 0 aromatic carbocycles. The van der Waals surface area contributed by atoms with Crippen LogP contribution in [0, 0.1) is 6.92 Å². The number of rotatable bonds is 4. The maximum absolute atomic E-state index is 4.06. The molecule has 0 spiro atoms. The molecule has 0 unspecified atom stereocenters. The lowest BCUT2D eigenvalue weighted by molar-refractivity contribution is 0.858. The standard InChI is InChI=1S/C12H17N3/c1-10-6-7-12(15-14-10)13-9-8-11-4-2-3-5-11/h4,6-7H,2-3,5,8-9H2,1H3,(H,13,15). The normalized spacial score (nSPS) is 15.1. The quantitative estimate of drug-likeness (QED) is 0.764. The third-order valence-electron chi connectivity index (χ3n) is 2.69. The van der Waals surface area contributed by atoms with E-state index in [4.69, 9.17) is 0 Å². The fraction of sp³-hybridized carbons (Fsp3) is 0.500. The highest BCUT2D eigenvalue weighted by Gasteiger charge is 2.03. The molecule has 1 aliphatic carbocycles. The second-order valence-electron chi connectivity index (χ2n) is 3.99. The maximum atomic E-state index is 4.06. The molecule has 0 fully saturated rings. The van der Waals surface area contributed by atoms with Gasteiger partial charge in [0.2, 0.25) is 0 Å². The van der Waals surface area contributed by atoms with Crippen molar-refractivity contribution in [2.24, 2.45) is 0 Å². The molecule has 0 amide bonds. The smallest absolute Gasteiger partial charge is 0.148 e. The van der Waals surface area contributed by atoms with Gasteiger partial charge in [0, 0.05) is 6.54 Å². The Hall–Kier alpha value is -1.38. The summed E-state index contributed by atoms with van der Waals surface area (Å²) in [6, 6.07) is 3.95. The number of hydrogen-bond acceptors (Lipinski definition) is 3. The topological polar surface area (TPSA) is 37.8 Å². The van der Waals surface area contributed by atoms with Gasteiger partial charge in [-0.1, -0.05) is 11.6 Å². The first-order valence-corrected chi connectivity index (χ1v) is 5.57. The van der Waals surface area contributed by atoms with E-state index in [1.54, 1.807) is 5.57 Å².